The number of carbonyl (C=O) groups is 3. The van der Waals surface area contributed by atoms with Gasteiger partial charge in [-0.1, -0.05) is 0 Å². The molecule has 0 bridgehead atoms. The van der Waals surface area contributed by atoms with E-state index >= 15 is 0 Å². The number of carbonyl (C=O) groups excluding carboxylic acids is 2. The molecule has 0 aromatic carbocycles. The van der Waals surface area contributed by atoms with Crippen LogP contribution in [0.25, 0.3) is 0 Å². The van der Waals surface area contributed by atoms with E-state index in [-0.39, 0.29) is 30.4 Å². The van der Waals surface area contributed by atoms with Crippen LogP contribution in [0.2, 0.25) is 0 Å². The Morgan fingerprint density at radius 1 is 1.30 bits per heavy atom. The number of hydrogen-bond acceptors (Lipinski definition) is 5. The largest absolute Gasteiger partial charge is 0.481 e. The molecule has 0 saturated carbocycles. The Kier molecular flexibility index (Phi) is 5.95. The molecule has 0 aliphatic heterocycles. The molecule has 0 aliphatic carbocycles. The second-order valence-corrected chi connectivity index (χ2v) is 3.80. The van der Waals surface area contributed by atoms with Crippen molar-refractivity contribution in [3.63, 3.8) is 0 Å². The van der Waals surface area contributed by atoms with Gasteiger partial charge in [-0.3, -0.25) is 14.6 Å². The maximum Gasteiger partial charge on any atom is 0.339 e. The zero-order valence-corrected chi connectivity index (χ0v) is 10.9. The molecule has 0 spiro atoms. The standard InChI is InChI=1S/C12H15N3O5/c1-8(16)14-4-5-15-11(17)7-20-10-6-13-3-2-9(10)12(18)19/h2-3,6H,4-5,7H2,1H3,(H,14,16)(H,15,17)(H,18,19). The van der Waals surface area contributed by atoms with Gasteiger partial charge in [0.1, 0.15) is 5.56 Å². The summed E-state index contributed by atoms with van der Waals surface area (Å²) < 4.78 is 5.10. The summed E-state index contributed by atoms with van der Waals surface area (Å²) >= 11 is 0. The molecule has 0 fully saturated rings. The molecule has 2 amide bonds. The molecule has 8 nitrogen and oxygen atoms in total. The molecule has 0 atom stereocenters. The summed E-state index contributed by atoms with van der Waals surface area (Å²) in [6.07, 6.45) is 2.55. The van der Waals surface area contributed by atoms with E-state index in [4.69, 9.17) is 9.84 Å². The first-order chi connectivity index (χ1) is 9.50. The number of rotatable bonds is 7. The van der Waals surface area contributed by atoms with Gasteiger partial charge in [0.2, 0.25) is 5.91 Å². The van der Waals surface area contributed by atoms with Gasteiger partial charge in [-0.15, -0.1) is 0 Å². The highest BCUT2D eigenvalue weighted by Gasteiger charge is 2.12. The van der Waals surface area contributed by atoms with Crippen molar-refractivity contribution in [2.45, 2.75) is 6.92 Å². The topological polar surface area (TPSA) is 118 Å². The van der Waals surface area contributed by atoms with Crippen molar-refractivity contribution in [1.29, 1.82) is 0 Å². The van der Waals surface area contributed by atoms with Crippen molar-refractivity contribution in [3.8, 4) is 5.75 Å². The lowest BCUT2D eigenvalue weighted by molar-refractivity contribution is -0.123. The summed E-state index contributed by atoms with van der Waals surface area (Å²) in [5.74, 6) is -1.74. The van der Waals surface area contributed by atoms with E-state index in [0.717, 1.165) is 0 Å². The summed E-state index contributed by atoms with van der Waals surface area (Å²) in [5, 5.41) is 13.9. The third-order valence-electron chi connectivity index (χ3n) is 2.19. The van der Waals surface area contributed by atoms with Crippen LogP contribution in [0, 0.1) is 0 Å². The molecular weight excluding hydrogens is 266 g/mol. The third-order valence-corrected chi connectivity index (χ3v) is 2.19. The van der Waals surface area contributed by atoms with Crippen molar-refractivity contribution in [1.82, 2.24) is 15.6 Å². The van der Waals surface area contributed by atoms with Gasteiger partial charge in [0.05, 0.1) is 6.20 Å². The van der Waals surface area contributed by atoms with Crippen LogP contribution < -0.4 is 15.4 Å². The molecule has 0 aliphatic rings. The van der Waals surface area contributed by atoms with Crippen LogP contribution in [0.5, 0.6) is 5.75 Å². The molecule has 1 rings (SSSR count). The molecule has 108 valence electrons. The van der Waals surface area contributed by atoms with Crippen LogP contribution in [0.4, 0.5) is 0 Å². The lowest BCUT2D eigenvalue weighted by atomic mass is 10.2. The van der Waals surface area contributed by atoms with Gasteiger partial charge in [-0.05, 0) is 6.07 Å². The fourth-order valence-corrected chi connectivity index (χ4v) is 1.31. The van der Waals surface area contributed by atoms with Crippen molar-refractivity contribution in [2.75, 3.05) is 19.7 Å². The van der Waals surface area contributed by atoms with Crippen LogP contribution in [-0.4, -0.2) is 47.6 Å². The number of carboxylic acid groups (broad SMARTS) is 1. The molecule has 1 heterocycles. The van der Waals surface area contributed by atoms with E-state index in [0.29, 0.717) is 6.54 Å². The Bertz CT molecular complexity index is 504. The predicted octanol–water partition coefficient (Wildman–Crippen LogP) is -0.589. The SMILES string of the molecule is CC(=O)NCCNC(=O)COc1cnccc1C(=O)O. The van der Waals surface area contributed by atoms with E-state index in [1.165, 1.54) is 25.4 Å². The molecule has 1 aromatic rings. The third kappa shape index (κ3) is 5.34. The molecule has 3 N–H and O–H groups in total. The van der Waals surface area contributed by atoms with E-state index in [1.807, 2.05) is 0 Å². The summed E-state index contributed by atoms with van der Waals surface area (Å²) in [4.78, 5) is 36.6. The number of aromatic nitrogens is 1. The van der Waals surface area contributed by atoms with Gasteiger partial charge in [-0.25, -0.2) is 4.79 Å². The Hall–Kier alpha value is -2.64. The van der Waals surface area contributed by atoms with Crippen molar-refractivity contribution in [3.05, 3.63) is 24.0 Å². The average Bonchev–Trinajstić information content (AvgIpc) is 2.41. The van der Waals surface area contributed by atoms with Gasteiger partial charge in [0.25, 0.3) is 5.91 Å². The fraction of sp³-hybridized carbons (Fsp3) is 0.333. The van der Waals surface area contributed by atoms with Crippen LogP contribution in [0.3, 0.4) is 0 Å². The molecule has 20 heavy (non-hydrogen) atoms. The zero-order valence-electron chi connectivity index (χ0n) is 10.9. The highest BCUT2D eigenvalue weighted by molar-refractivity contribution is 5.90. The van der Waals surface area contributed by atoms with E-state index in [9.17, 15) is 14.4 Å². The van der Waals surface area contributed by atoms with Crippen molar-refractivity contribution < 1.29 is 24.2 Å². The second-order valence-electron chi connectivity index (χ2n) is 3.80. The first-order valence-corrected chi connectivity index (χ1v) is 5.82. The highest BCUT2D eigenvalue weighted by Crippen LogP contribution is 2.15. The molecule has 8 heteroatoms. The minimum absolute atomic E-state index is 0.0250. The van der Waals surface area contributed by atoms with Gasteiger partial charge in [-0.2, -0.15) is 0 Å². The number of nitrogens with zero attached hydrogens (tertiary/aromatic N) is 1. The summed E-state index contributed by atoms with van der Waals surface area (Å²) in [5.41, 5.74) is -0.0638. The smallest absolute Gasteiger partial charge is 0.339 e. The Morgan fingerprint density at radius 3 is 2.65 bits per heavy atom. The van der Waals surface area contributed by atoms with Gasteiger partial charge >= 0.3 is 5.97 Å². The Morgan fingerprint density at radius 2 is 2.00 bits per heavy atom. The predicted molar refractivity (Wildman–Crippen MR) is 68.4 cm³/mol. The summed E-state index contributed by atoms with van der Waals surface area (Å²) in [6.45, 7) is 1.63. The first-order valence-electron chi connectivity index (χ1n) is 5.82. The van der Waals surface area contributed by atoms with Gasteiger partial charge in [0, 0.05) is 26.2 Å². The maximum absolute atomic E-state index is 11.4. The lowest BCUT2D eigenvalue weighted by Crippen LogP contribution is -2.36. The van der Waals surface area contributed by atoms with Crippen molar-refractivity contribution in [2.24, 2.45) is 0 Å². The summed E-state index contributed by atoms with van der Waals surface area (Å²) in [6, 6.07) is 1.28. The highest BCUT2D eigenvalue weighted by atomic mass is 16.5. The molecule has 0 saturated heterocycles. The van der Waals surface area contributed by atoms with Gasteiger partial charge in [0.15, 0.2) is 12.4 Å². The Labute approximate surface area is 115 Å². The number of amides is 2. The van der Waals surface area contributed by atoms with E-state index in [1.54, 1.807) is 0 Å². The second kappa shape index (κ2) is 7.72. The number of aromatic carboxylic acids is 1. The fourth-order valence-electron chi connectivity index (χ4n) is 1.31. The number of hydrogen-bond donors (Lipinski definition) is 3. The van der Waals surface area contributed by atoms with Gasteiger partial charge < -0.3 is 20.5 Å². The summed E-state index contributed by atoms with van der Waals surface area (Å²) in [7, 11) is 0. The van der Waals surface area contributed by atoms with Crippen LogP contribution in [0.1, 0.15) is 17.3 Å². The number of ether oxygens (including phenoxy) is 1. The Balaban J connectivity index is 2.38. The van der Waals surface area contributed by atoms with E-state index in [2.05, 4.69) is 15.6 Å². The van der Waals surface area contributed by atoms with Crippen LogP contribution in [0.15, 0.2) is 18.5 Å². The monoisotopic (exact) mass is 281 g/mol. The number of pyridine rings is 1. The molecule has 0 unspecified atom stereocenters. The number of nitrogens with one attached hydrogen (secondary N) is 2. The van der Waals surface area contributed by atoms with Crippen molar-refractivity contribution >= 4 is 17.8 Å². The average molecular weight is 281 g/mol. The first kappa shape index (κ1) is 15.4. The normalized spacial score (nSPS) is 9.65. The molecular formula is C12H15N3O5. The van der Waals surface area contributed by atoms with Crippen LogP contribution >= 0.6 is 0 Å². The molecule has 0 radical (unpaired) electrons. The number of carboxylic acids is 1. The van der Waals surface area contributed by atoms with Crippen LogP contribution in [-0.2, 0) is 9.59 Å². The zero-order chi connectivity index (χ0) is 15.0. The quantitative estimate of drug-likeness (QED) is 0.575. The van der Waals surface area contributed by atoms with E-state index < -0.39 is 11.9 Å². The molecule has 1 aromatic heterocycles. The maximum atomic E-state index is 11.4. The minimum Gasteiger partial charge on any atom is -0.481 e. The lowest BCUT2D eigenvalue weighted by Gasteiger charge is -2.09. The minimum atomic E-state index is -1.16.